The van der Waals surface area contributed by atoms with Gasteiger partial charge in [-0.1, -0.05) is 38.1 Å². The number of rotatable bonds is 3. The third kappa shape index (κ3) is 2.66. The number of nitrogens with zero attached hydrogens (tertiary/aromatic N) is 1. The average molecular weight is 330 g/mol. The van der Waals surface area contributed by atoms with Gasteiger partial charge in [-0.25, -0.2) is 0 Å². The minimum atomic E-state index is -0.167. The van der Waals surface area contributed by atoms with Crippen LogP contribution in [-0.4, -0.2) is 10.9 Å². The fourth-order valence-electron chi connectivity index (χ4n) is 3.13. The van der Waals surface area contributed by atoms with Crippen molar-refractivity contribution in [3.8, 4) is 0 Å². The number of fused-ring (bicyclic) bond motifs is 3. The molecule has 0 aliphatic rings. The molecule has 1 amide bonds. The van der Waals surface area contributed by atoms with Crippen molar-refractivity contribution in [2.45, 2.75) is 19.8 Å². The number of furan rings is 1. The second-order valence-electron chi connectivity index (χ2n) is 6.36. The van der Waals surface area contributed by atoms with Gasteiger partial charge < -0.3 is 9.73 Å². The van der Waals surface area contributed by atoms with E-state index in [-0.39, 0.29) is 5.91 Å². The van der Waals surface area contributed by atoms with Crippen molar-refractivity contribution >= 4 is 33.5 Å². The summed E-state index contributed by atoms with van der Waals surface area (Å²) in [5, 5.41) is 4.73. The predicted octanol–water partition coefficient (Wildman–Crippen LogP) is 5.36. The van der Waals surface area contributed by atoms with Gasteiger partial charge in [0.2, 0.25) is 0 Å². The van der Waals surface area contributed by atoms with Crippen molar-refractivity contribution in [1.82, 2.24) is 4.98 Å². The number of benzene rings is 2. The highest BCUT2D eigenvalue weighted by molar-refractivity contribution is 6.20. The lowest BCUT2D eigenvalue weighted by Crippen LogP contribution is -2.12. The topological polar surface area (TPSA) is 55.1 Å². The minimum Gasteiger partial charge on any atom is -0.456 e. The highest BCUT2D eigenvalue weighted by atomic mass is 16.3. The second-order valence-corrected chi connectivity index (χ2v) is 6.36. The first-order valence-electron chi connectivity index (χ1n) is 8.30. The molecular weight excluding hydrogens is 312 g/mol. The van der Waals surface area contributed by atoms with E-state index in [1.165, 1.54) is 0 Å². The van der Waals surface area contributed by atoms with Crippen LogP contribution in [0, 0.1) is 0 Å². The first kappa shape index (κ1) is 15.4. The van der Waals surface area contributed by atoms with Crippen molar-refractivity contribution in [3.05, 3.63) is 72.1 Å². The number of nitrogens with one attached hydrogen (secondary N) is 1. The normalized spacial score (nSPS) is 11.3. The number of hydrogen-bond acceptors (Lipinski definition) is 3. The van der Waals surface area contributed by atoms with Crippen molar-refractivity contribution in [3.63, 3.8) is 0 Å². The number of hydrogen-bond donors (Lipinski definition) is 1. The maximum atomic E-state index is 12.9. The second kappa shape index (κ2) is 6.06. The maximum Gasteiger partial charge on any atom is 0.256 e. The van der Waals surface area contributed by atoms with Crippen LogP contribution < -0.4 is 5.32 Å². The molecule has 0 aliphatic heterocycles. The van der Waals surface area contributed by atoms with Gasteiger partial charge >= 0.3 is 0 Å². The fraction of sp³-hybridized carbons (Fsp3) is 0.143. The number of pyridine rings is 1. The zero-order valence-electron chi connectivity index (χ0n) is 14.1. The van der Waals surface area contributed by atoms with Gasteiger partial charge in [-0.2, -0.15) is 0 Å². The van der Waals surface area contributed by atoms with Crippen molar-refractivity contribution in [2.75, 3.05) is 5.32 Å². The van der Waals surface area contributed by atoms with E-state index in [0.29, 0.717) is 17.2 Å². The number of carbonyl (C=O) groups excluding carboxylic acids is 1. The van der Waals surface area contributed by atoms with Crippen LogP contribution in [0.2, 0.25) is 0 Å². The Hall–Kier alpha value is -3.14. The molecule has 0 radical (unpaired) electrons. The van der Waals surface area contributed by atoms with E-state index in [4.69, 9.17) is 4.42 Å². The van der Waals surface area contributed by atoms with Gasteiger partial charge in [-0.05, 0) is 35.7 Å². The summed E-state index contributed by atoms with van der Waals surface area (Å²) in [4.78, 5) is 16.9. The smallest absolute Gasteiger partial charge is 0.256 e. The lowest BCUT2D eigenvalue weighted by atomic mass is 9.96. The molecule has 2 heterocycles. The summed E-state index contributed by atoms with van der Waals surface area (Å²) >= 11 is 0. The summed E-state index contributed by atoms with van der Waals surface area (Å²) in [6, 6.07) is 15.3. The molecule has 0 unspecified atom stereocenters. The van der Waals surface area contributed by atoms with Gasteiger partial charge in [0.1, 0.15) is 11.2 Å². The van der Waals surface area contributed by atoms with E-state index >= 15 is 0 Å². The van der Waals surface area contributed by atoms with E-state index in [1.54, 1.807) is 18.5 Å². The van der Waals surface area contributed by atoms with Crippen LogP contribution in [0.15, 0.2) is 65.3 Å². The molecule has 2 aromatic heterocycles. The summed E-state index contributed by atoms with van der Waals surface area (Å²) in [7, 11) is 0. The third-order valence-corrected chi connectivity index (χ3v) is 4.34. The molecule has 1 N–H and O–H groups in total. The number of aromatic nitrogens is 1. The molecular formula is C21H18N2O2. The number of carbonyl (C=O) groups is 1. The lowest BCUT2D eigenvalue weighted by molar-refractivity contribution is 0.102. The monoisotopic (exact) mass is 330 g/mol. The number of amides is 1. The Morgan fingerprint density at radius 1 is 1.08 bits per heavy atom. The molecule has 0 spiro atoms. The highest BCUT2D eigenvalue weighted by Crippen LogP contribution is 2.36. The van der Waals surface area contributed by atoms with Crippen LogP contribution in [0.1, 0.15) is 35.7 Å². The zero-order valence-corrected chi connectivity index (χ0v) is 14.1. The highest BCUT2D eigenvalue weighted by Gasteiger charge is 2.20. The van der Waals surface area contributed by atoms with Gasteiger partial charge in [-0.3, -0.25) is 9.78 Å². The molecule has 4 aromatic rings. The lowest BCUT2D eigenvalue weighted by Gasteiger charge is -2.10. The summed E-state index contributed by atoms with van der Waals surface area (Å²) in [6.45, 7) is 4.24. The van der Waals surface area contributed by atoms with E-state index in [2.05, 4.69) is 24.1 Å². The molecule has 4 nitrogen and oxygen atoms in total. The van der Waals surface area contributed by atoms with Gasteiger partial charge in [0.25, 0.3) is 5.91 Å². The van der Waals surface area contributed by atoms with E-state index in [9.17, 15) is 4.79 Å². The van der Waals surface area contributed by atoms with E-state index in [1.807, 2.05) is 42.5 Å². The Balaban J connectivity index is 1.92. The summed E-state index contributed by atoms with van der Waals surface area (Å²) in [6.07, 6.45) is 3.31. The van der Waals surface area contributed by atoms with Crippen LogP contribution in [0.25, 0.3) is 21.9 Å². The minimum absolute atomic E-state index is 0.167. The van der Waals surface area contributed by atoms with Crippen LogP contribution in [-0.2, 0) is 0 Å². The Morgan fingerprint density at radius 3 is 2.68 bits per heavy atom. The van der Waals surface area contributed by atoms with Crippen molar-refractivity contribution in [2.24, 2.45) is 0 Å². The molecule has 0 atom stereocenters. The van der Waals surface area contributed by atoms with Crippen molar-refractivity contribution in [1.29, 1.82) is 0 Å². The Labute approximate surface area is 145 Å². The first-order chi connectivity index (χ1) is 12.1. The van der Waals surface area contributed by atoms with Gasteiger partial charge in [-0.15, -0.1) is 0 Å². The summed E-state index contributed by atoms with van der Waals surface area (Å²) < 4.78 is 6.09. The Morgan fingerprint density at radius 2 is 1.92 bits per heavy atom. The van der Waals surface area contributed by atoms with Gasteiger partial charge in [0, 0.05) is 17.0 Å². The van der Waals surface area contributed by atoms with Crippen LogP contribution in [0.3, 0.4) is 0 Å². The molecule has 4 rings (SSSR count). The first-order valence-corrected chi connectivity index (χ1v) is 8.30. The Kier molecular flexibility index (Phi) is 3.73. The largest absolute Gasteiger partial charge is 0.456 e. The maximum absolute atomic E-state index is 12.9. The quantitative estimate of drug-likeness (QED) is 0.550. The molecule has 0 fully saturated rings. The molecule has 124 valence electrons. The molecule has 4 heteroatoms. The SMILES string of the molecule is CC(C)c1ccc(C(=O)Nc2cccnc2)c2c1oc1ccccc12. The molecule has 2 aromatic carbocycles. The van der Waals surface area contributed by atoms with Crippen LogP contribution >= 0.6 is 0 Å². The summed E-state index contributed by atoms with van der Waals surface area (Å²) in [5.41, 5.74) is 3.95. The van der Waals surface area contributed by atoms with Gasteiger partial charge in [0.05, 0.1) is 17.4 Å². The zero-order chi connectivity index (χ0) is 17.4. The van der Waals surface area contributed by atoms with Crippen LogP contribution in [0.4, 0.5) is 5.69 Å². The molecule has 0 aliphatic carbocycles. The predicted molar refractivity (Wildman–Crippen MR) is 100.0 cm³/mol. The number of anilines is 1. The third-order valence-electron chi connectivity index (χ3n) is 4.34. The molecule has 0 saturated carbocycles. The molecule has 0 saturated heterocycles. The van der Waals surface area contributed by atoms with Crippen LogP contribution in [0.5, 0.6) is 0 Å². The summed E-state index contributed by atoms with van der Waals surface area (Å²) in [5.74, 6) is 0.137. The fourth-order valence-corrected chi connectivity index (χ4v) is 3.13. The Bertz CT molecular complexity index is 1070. The molecule has 25 heavy (non-hydrogen) atoms. The number of para-hydroxylation sites is 1. The molecule has 0 bridgehead atoms. The van der Waals surface area contributed by atoms with Gasteiger partial charge in [0.15, 0.2) is 0 Å². The average Bonchev–Trinajstić information content (AvgIpc) is 3.01. The standard InChI is InChI=1S/C21H18N2O2/c1-13(2)15-9-10-17(21(24)23-14-6-5-11-22-12-14)19-16-7-3-4-8-18(16)25-20(15)19/h3-13H,1-2H3,(H,23,24). The van der Waals surface area contributed by atoms with E-state index < -0.39 is 0 Å². The van der Waals surface area contributed by atoms with Crippen molar-refractivity contribution < 1.29 is 9.21 Å². The van der Waals surface area contributed by atoms with E-state index in [0.717, 1.165) is 27.5 Å².